The number of rotatable bonds is 5. The Morgan fingerprint density at radius 2 is 2.45 bits per heavy atom. The molecule has 3 rings (SSSR count). The van der Waals surface area contributed by atoms with Gasteiger partial charge in [0.25, 0.3) is 0 Å². The van der Waals surface area contributed by atoms with Crippen LogP contribution in [0.5, 0.6) is 0 Å². The van der Waals surface area contributed by atoms with Crippen LogP contribution in [0.15, 0.2) is 33.9 Å². The van der Waals surface area contributed by atoms with E-state index in [9.17, 15) is 4.79 Å². The molecule has 1 atom stereocenters. The van der Waals surface area contributed by atoms with Crippen LogP contribution in [0.25, 0.3) is 11.5 Å². The van der Waals surface area contributed by atoms with Crippen LogP contribution in [-0.2, 0) is 4.79 Å². The lowest BCUT2D eigenvalue weighted by Crippen LogP contribution is -2.39. The summed E-state index contributed by atoms with van der Waals surface area (Å²) in [4.78, 5) is 14.0. The van der Waals surface area contributed by atoms with E-state index in [0.29, 0.717) is 24.7 Å². The first kappa shape index (κ1) is 15.0. The van der Waals surface area contributed by atoms with E-state index in [-0.39, 0.29) is 11.8 Å². The van der Waals surface area contributed by atoms with Crippen molar-refractivity contribution in [2.75, 3.05) is 13.1 Å². The Morgan fingerprint density at radius 1 is 1.55 bits per heavy atom. The number of hydrogen-bond acceptors (Lipinski definition) is 5. The van der Waals surface area contributed by atoms with Crippen molar-refractivity contribution in [3.8, 4) is 11.5 Å². The van der Waals surface area contributed by atoms with Crippen molar-refractivity contribution in [1.82, 2.24) is 15.1 Å². The highest BCUT2D eigenvalue weighted by molar-refractivity contribution is 7.08. The minimum absolute atomic E-state index is 0.140. The molecule has 116 valence electrons. The Kier molecular flexibility index (Phi) is 4.68. The molecule has 2 aromatic rings. The number of thiophene rings is 1. The van der Waals surface area contributed by atoms with E-state index in [0.717, 1.165) is 31.4 Å². The first-order valence-electron chi connectivity index (χ1n) is 7.52. The van der Waals surface area contributed by atoms with Crippen LogP contribution in [0.1, 0.15) is 37.5 Å². The fourth-order valence-corrected chi connectivity index (χ4v) is 3.32. The standard InChI is InChI=1S/C16H19N3O2S/c1-2-3-6-14(20)19-8-4-5-12(10-19)15-17-18-16(21-15)13-7-9-22-11-13/h2,7,9,11-12H,1,3-6,8,10H2. The number of amides is 1. The largest absolute Gasteiger partial charge is 0.420 e. The molecule has 0 aromatic carbocycles. The zero-order valence-corrected chi connectivity index (χ0v) is 13.2. The minimum atomic E-state index is 0.140. The van der Waals surface area contributed by atoms with Gasteiger partial charge in [0.1, 0.15) is 0 Å². The number of carbonyl (C=O) groups is 1. The zero-order valence-electron chi connectivity index (χ0n) is 12.4. The highest BCUT2D eigenvalue weighted by Crippen LogP contribution is 2.29. The summed E-state index contributed by atoms with van der Waals surface area (Å²) < 4.78 is 5.81. The lowest BCUT2D eigenvalue weighted by atomic mass is 9.97. The van der Waals surface area contributed by atoms with Crippen molar-refractivity contribution in [2.24, 2.45) is 0 Å². The highest BCUT2D eigenvalue weighted by Gasteiger charge is 2.28. The van der Waals surface area contributed by atoms with E-state index in [4.69, 9.17) is 4.42 Å². The van der Waals surface area contributed by atoms with Crippen molar-refractivity contribution in [3.05, 3.63) is 35.4 Å². The van der Waals surface area contributed by atoms with Gasteiger partial charge in [-0.3, -0.25) is 4.79 Å². The molecule has 1 aliphatic rings. The van der Waals surface area contributed by atoms with E-state index < -0.39 is 0 Å². The molecule has 0 bridgehead atoms. The Morgan fingerprint density at radius 3 is 3.23 bits per heavy atom. The van der Waals surface area contributed by atoms with E-state index >= 15 is 0 Å². The SMILES string of the molecule is C=CCCC(=O)N1CCCC(c2nnc(-c3ccsc3)o2)C1. The topological polar surface area (TPSA) is 59.2 Å². The Balaban J connectivity index is 1.67. The zero-order chi connectivity index (χ0) is 15.4. The van der Waals surface area contributed by atoms with Gasteiger partial charge in [-0.25, -0.2) is 0 Å². The number of piperidine rings is 1. The van der Waals surface area contributed by atoms with Gasteiger partial charge in [0.15, 0.2) is 0 Å². The first-order valence-corrected chi connectivity index (χ1v) is 8.47. The maximum absolute atomic E-state index is 12.1. The predicted molar refractivity (Wildman–Crippen MR) is 85.6 cm³/mol. The quantitative estimate of drug-likeness (QED) is 0.792. The molecule has 3 heterocycles. The van der Waals surface area contributed by atoms with Crippen LogP contribution in [0.2, 0.25) is 0 Å². The number of carbonyl (C=O) groups excluding carboxylic acids is 1. The summed E-state index contributed by atoms with van der Waals surface area (Å²) >= 11 is 1.60. The van der Waals surface area contributed by atoms with Gasteiger partial charge in [-0.05, 0) is 30.7 Å². The van der Waals surface area contributed by atoms with Gasteiger partial charge >= 0.3 is 0 Å². The fourth-order valence-electron chi connectivity index (χ4n) is 2.69. The van der Waals surface area contributed by atoms with Gasteiger partial charge in [-0.1, -0.05) is 6.08 Å². The predicted octanol–water partition coefficient (Wildman–Crippen LogP) is 3.47. The third kappa shape index (κ3) is 3.27. The maximum atomic E-state index is 12.1. The number of allylic oxidation sites excluding steroid dienone is 1. The Bertz CT molecular complexity index is 636. The molecule has 1 saturated heterocycles. The van der Waals surface area contributed by atoms with Crippen molar-refractivity contribution >= 4 is 17.2 Å². The van der Waals surface area contributed by atoms with Gasteiger partial charge < -0.3 is 9.32 Å². The van der Waals surface area contributed by atoms with Gasteiger partial charge in [0.2, 0.25) is 17.7 Å². The second-order valence-electron chi connectivity index (χ2n) is 5.46. The molecule has 22 heavy (non-hydrogen) atoms. The molecule has 1 aliphatic heterocycles. The average Bonchev–Trinajstić information content (AvgIpc) is 3.23. The summed E-state index contributed by atoms with van der Waals surface area (Å²) in [6.45, 7) is 5.15. The van der Waals surface area contributed by atoms with Gasteiger partial charge in [0, 0.05) is 30.5 Å². The van der Waals surface area contributed by atoms with Crippen LogP contribution in [0.3, 0.4) is 0 Å². The third-order valence-electron chi connectivity index (χ3n) is 3.89. The average molecular weight is 317 g/mol. The van der Waals surface area contributed by atoms with E-state index in [2.05, 4.69) is 16.8 Å². The van der Waals surface area contributed by atoms with Crippen molar-refractivity contribution in [3.63, 3.8) is 0 Å². The van der Waals surface area contributed by atoms with E-state index in [1.54, 1.807) is 17.4 Å². The van der Waals surface area contributed by atoms with Gasteiger partial charge in [-0.15, -0.1) is 16.8 Å². The maximum Gasteiger partial charge on any atom is 0.248 e. The summed E-state index contributed by atoms with van der Waals surface area (Å²) in [7, 11) is 0. The van der Waals surface area contributed by atoms with Crippen LogP contribution >= 0.6 is 11.3 Å². The normalized spacial score (nSPS) is 18.4. The molecule has 0 radical (unpaired) electrons. The van der Waals surface area contributed by atoms with E-state index in [1.807, 2.05) is 21.7 Å². The molecule has 6 heteroatoms. The molecule has 1 unspecified atom stereocenters. The molecule has 2 aromatic heterocycles. The van der Waals surface area contributed by atoms with Crippen LogP contribution in [0, 0.1) is 0 Å². The molecular weight excluding hydrogens is 298 g/mol. The molecule has 0 aliphatic carbocycles. The van der Waals surface area contributed by atoms with E-state index in [1.165, 1.54) is 0 Å². The number of hydrogen-bond donors (Lipinski definition) is 0. The molecule has 5 nitrogen and oxygen atoms in total. The fraction of sp³-hybridized carbons (Fsp3) is 0.438. The van der Waals surface area contributed by atoms with Crippen LogP contribution in [0.4, 0.5) is 0 Å². The summed E-state index contributed by atoms with van der Waals surface area (Å²) in [5.41, 5.74) is 0.957. The summed E-state index contributed by atoms with van der Waals surface area (Å²) in [6.07, 6.45) is 4.99. The second kappa shape index (κ2) is 6.87. The highest BCUT2D eigenvalue weighted by atomic mass is 32.1. The summed E-state index contributed by atoms with van der Waals surface area (Å²) in [5, 5.41) is 12.3. The summed E-state index contributed by atoms with van der Waals surface area (Å²) in [6, 6.07) is 1.97. The number of likely N-dealkylation sites (tertiary alicyclic amines) is 1. The molecular formula is C16H19N3O2S. The Hall–Kier alpha value is -1.95. The lowest BCUT2D eigenvalue weighted by molar-refractivity contribution is -0.132. The molecule has 1 fully saturated rings. The van der Waals surface area contributed by atoms with Gasteiger partial charge in [0.05, 0.1) is 5.92 Å². The third-order valence-corrected chi connectivity index (χ3v) is 4.58. The molecule has 0 saturated carbocycles. The van der Waals surface area contributed by atoms with Crippen LogP contribution < -0.4 is 0 Å². The Labute approximate surface area is 133 Å². The second-order valence-corrected chi connectivity index (χ2v) is 6.24. The smallest absolute Gasteiger partial charge is 0.248 e. The number of aromatic nitrogens is 2. The summed E-state index contributed by atoms with van der Waals surface area (Å²) in [5.74, 6) is 1.53. The van der Waals surface area contributed by atoms with Crippen molar-refractivity contribution in [2.45, 2.75) is 31.6 Å². The van der Waals surface area contributed by atoms with Crippen molar-refractivity contribution in [1.29, 1.82) is 0 Å². The van der Waals surface area contributed by atoms with Crippen molar-refractivity contribution < 1.29 is 9.21 Å². The molecule has 0 N–H and O–H groups in total. The number of nitrogens with zero attached hydrogens (tertiary/aromatic N) is 3. The molecule has 1 amide bonds. The minimum Gasteiger partial charge on any atom is -0.420 e. The van der Waals surface area contributed by atoms with Gasteiger partial charge in [-0.2, -0.15) is 11.3 Å². The lowest BCUT2D eigenvalue weighted by Gasteiger charge is -2.31. The first-order chi connectivity index (χ1) is 10.8. The van der Waals surface area contributed by atoms with Crippen LogP contribution in [-0.4, -0.2) is 34.1 Å². The molecule has 0 spiro atoms. The monoisotopic (exact) mass is 317 g/mol.